The van der Waals surface area contributed by atoms with Gasteiger partial charge in [0.05, 0.1) is 0 Å². The molecule has 2 nitrogen and oxygen atoms in total. The van der Waals surface area contributed by atoms with Gasteiger partial charge >= 0.3 is 0 Å². The van der Waals surface area contributed by atoms with E-state index < -0.39 is 0 Å². The maximum Gasteiger partial charge on any atom is 0.253 e. The molecule has 0 N–H and O–H groups in total. The number of nitrogens with zero attached hydrogens (tertiary/aromatic N) is 1. The standard InChI is InChI=1S/C16H15BrClNO/c17-15-4-3-12-7-14(2-1-13(12)8-15)16(20)19-6-5-11(9-18)10-19/h1-4,7-8,11H,5-6,9-10H2. The number of carbonyl (C=O) groups excluding carboxylic acids is 1. The van der Waals surface area contributed by atoms with Gasteiger partial charge in [-0.05, 0) is 47.4 Å². The van der Waals surface area contributed by atoms with E-state index in [0.717, 1.165) is 40.3 Å². The van der Waals surface area contributed by atoms with Gasteiger partial charge in [0.15, 0.2) is 0 Å². The molecule has 2 aromatic rings. The number of amides is 1. The van der Waals surface area contributed by atoms with Gasteiger partial charge in [0, 0.05) is 29.0 Å². The molecule has 0 aliphatic carbocycles. The zero-order valence-corrected chi connectivity index (χ0v) is 13.3. The number of benzene rings is 2. The third-order valence-corrected chi connectivity index (χ3v) is 4.77. The highest BCUT2D eigenvalue weighted by Gasteiger charge is 2.26. The highest BCUT2D eigenvalue weighted by Crippen LogP contribution is 2.24. The Kier molecular flexibility index (Phi) is 3.99. The van der Waals surface area contributed by atoms with E-state index >= 15 is 0 Å². The fraction of sp³-hybridized carbons (Fsp3) is 0.312. The number of halogens is 2. The molecule has 0 bridgehead atoms. The Labute approximate surface area is 131 Å². The zero-order chi connectivity index (χ0) is 14.1. The smallest absolute Gasteiger partial charge is 0.253 e. The summed E-state index contributed by atoms with van der Waals surface area (Å²) in [5.41, 5.74) is 0.759. The lowest BCUT2D eigenvalue weighted by molar-refractivity contribution is 0.0788. The van der Waals surface area contributed by atoms with Gasteiger partial charge in [0.25, 0.3) is 5.91 Å². The van der Waals surface area contributed by atoms with Crippen molar-refractivity contribution in [2.24, 2.45) is 5.92 Å². The van der Waals surface area contributed by atoms with Crippen LogP contribution >= 0.6 is 27.5 Å². The third kappa shape index (κ3) is 2.70. The summed E-state index contributed by atoms with van der Waals surface area (Å²) < 4.78 is 1.05. The molecular weight excluding hydrogens is 338 g/mol. The maximum absolute atomic E-state index is 12.5. The molecule has 1 fully saturated rings. The van der Waals surface area contributed by atoms with Crippen molar-refractivity contribution in [1.29, 1.82) is 0 Å². The normalized spacial score (nSPS) is 18.7. The van der Waals surface area contributed by atoms with Crippen molar-refractivity contribution < 1.29 is 4.79 Å². The Hall–Kier alpha value is -1.06. The minimum atomic E-state index is 0.113. The maximum atomic E-state index is 12.5. The van der Waals surface area contributed by atoms with Crippen molar-refractivity contribution in [2.45, 2.75) is 6.42 Å². The molecule has 1 aliphatic heterocycles. The van der Waals surface area contributed by atoms with Gasteiger partial charge in [-0.2, -0.15) is 0 Å². The first-order chi connectivity index (χ1) is 9.67. The molecule has 0 aromatic heterocycles. The summed E-state index contributed by atoms with van der Waals surface area (Å²) in [6, 6.07) is 12.0. The SMILES string of the molecule is O=C(c1ccc2cc(Br)ccc2c1)N1CCC(CCl)C1. The number of alkyl halides is 1. The molecule has 0 saturated carbocycles. The lowest BCUT2D eigenvalue weighted by Crippen LogP contribution is -2.28. The van der Waals surface area contributed by atoms with Crippen LogP contribution in [0.2, 0.25) is 0 Å². The van der Waals surface area contributed by atoms with Crippen LogP contribution in [0.4, 0.5) is 0 Å². The molecule has 1 amide bonds. The van der Waals surface area contributed by atoms with Gasteiger partial charge in [-0.15, -0.1) is 11.6 Å². The van der Waals surface area contributed by atoms with E-state index in [-0.39, 0.29) is 5.91 Å². The minimum absolute atomic E-state index is 0.113. The summed E-state index contributed by atoms with van der Waals surface area (Å²) >= 11 is 9.33. The Balaban J connectivity index is 1.87. The summed E-state index contributed by atoms with van der Waals surface area (Å²) in [5, 5.41) is 2.23. The Bertz CT molecular complexity index is 658. The summed E-state index contributed by atoms with van der Waals surface area (Å²) in [5.74, 6) is 1.19. The van der Waals surface area contributed by atoms with Crippen LogP contribution in [0.1, 0.15) is 16.8 Å². The summed E-state index contributed by atoms with van der Waals surface area (Å²) in [7, 11) is 0. The van der Waals surface area contributed by atoms with E-state index in [0.29, 0.717) is 11.8 Å². The number of hydrogen-bond acceptors (Lipinski definition) is 1. The number of carbonyl (C=O) groups is 1. The first-order valence-corrected chi connectivity index (χ1v) is 8.04. The Morgan fingerprint density at radius 1 is 1.25 bits per heavy atom. The average molecular weight is 353 g/mol. The molecule has 3 rings (SSSR count). The van der Waals surface area contributed by atoms with E-state index in [9.17, 15) is 4.79 Å². The first kappa shape index (κ1) is 13.9. The number of hydrogen-bond donors (Lipinski definition) is 0. The summed E-state index contributed by atoms with van der Waals surface area (Å²) in [6.07, 6.45) is 1.01. The lowest BCUT2D eigenvalue weighted by atomic mass is 10.1. The van der Waals surface area contributed by atoms with Crippen molar-refractivity contribution >= 4 is 44.2 Å². The molecule has 4 heteroatoms. The molecule has 1 atom stereocenters. The second-order valence-electron chi connectivity index (χ2n) is 5.27. The Morgan fingerprint density at radius 2 is 2.00 bits per heavy atom. The second kappa shape index (κ2) is 5.74. The van der Waals surface area contributed by atoms with Gasteiger partial charge < -0.3 is 4.90 Å². The number of fused-ring (bicyclic) bond motifs is 1. The molecule has 0 spiro atoms. The third-order valence-electron chi connectivity index (χ3n) is 3.84. The molecular formula is C16H15BrClNO. The van der Waals surface area contributed by atoms with Gasteiger partial charge in [-0.1, -0.05) is 28.1 Å². The molecule has 1 aliphatic rings. The van der Waals surface area contributed by atoms with Gasteiger partial charge in [0.2, 0.25) is 0 Å². The largest absolute Gasteiger partial charge is 0.338 e. The molecule has 2 aromatic carbocycles. The first-order valence-electron chi connectivity index (χ1n) is 6.72. The predicted octanol–water partition coefficient (Wildman–Crippen LogP) is 4.30. The van der Waals surface area contributed by atoms with Crippen molar-refractivity contribution in [2.75, 3.05) is 19.0 Å². The van der Waals surface area contributed by atoms with Crippen molar-refractivity contribution in [1.82, 2.24) is 4.90 Å². The molecule has 104 valence electrons. The van der Waals surface area contributed by atoms with Crippen LogP contribution in [-0.4, -0.2) is 29.8 Å². The van der Waals surface area contributed by atoms with Crippen LogP contribution in [0, 0.1) is 5.92 Å². The van der Waals surface area contributed by atoms with Crippen LogP contribution in [0.25, 0.3) is 10.8 Å². The number of rotatable bonds is 2. The van der Waals surface area contributed by atoms with Crippen LogP contribution in [-0.2, 0) is 0 Å². The highest BCUT2D eigenvalue weighted by atomic mass is 79.9. The summed E-state index contributed by atoms with van der Waals surface area (Å²) in [6.45, 7) is 1.59. The molecule has 1 saturated heterocycles. The molecule has 20 heavy (non-hydrogen) atoms. The van der Waals surface area contributed by atoms with E-state index in [2.05, 4.69) is 22.0 Å². The van der Waals surface area contributed by atoms with Crippen LogP contribution in [0.3, 0.4) is 0 Å². The highest BCUT2D eigenvalue weighted by molar-refractivity contribution is 9.10. The van der Waals surface area contributed by atoms with Gasteiger partial charge in [-0.25, -0.2) is 0 Å². The van der Waals surface area contributed by atoms with Crippen molar-refractivity contribution in [3.05, 3.63) is 46.4 Å². The molecule has 0 radical (unpaired) electrons. The number of likely N-dealkylation sites (tertiary alicyclic amines) is 1. The lowest BCUT2D eigenvalue weighted by Gasteiger charge is -2.16. The quantitative estimate of drug-likeness (QED) is 0.738. The van der Waals surface area contributed by atoms with Gasteiger partial charge in [0.1, 0.15) is 0 Å². The second-order valence-corrected chi connectivity index (χ2v) is 6.49. The van der Waals surface area contributed by atoms with E-state index in [1.807, 2.05) is 35.2 Å². The molecule has 1 unspecified atom stereocenters. The van der Waals surface area contributed by atoms with Gasteiger partial charge in [-0.3, -0.25) is 4.79 Å². The van der Waals surface area contributed by atoms with Crippen LogP contribution < -0.4 is 0 Å². The zero-order valence-electron chi connectivity index (χ0n) is 11.0. The Morgan fingerprint density at radius 3 is 2.75 bits per heavy atom. The fourth-order valence-corrected chi connectivity index (χ4v) is 3.31. The minimum Gasteiger partial charge on any atom is -0.338 e. The average Bonchev–Trinajstić information content (AvgIpc) is 2.95. The monoisotopic (exact) mass is 351 g/mol. The van der Waals surface area contributed by atoms with Crippen LogP contribution in [0.5, 0.6) is 0 Å². The summed E-state index contributed by atoms with van der Waals surface area (Å²) in [4.78, 5) is 14.4. The predicted molar refractivity (Wildman–Crippen MR) is 86.4 cm³/mol. The molecule has 1 heterocycles. The van der Waals surface area contributed by atoms with Crippen molar-refractivity contribution in [3.63, 3.8) is 0 Å². The van der Waals surface area contributed by atoms with Crippen molar-refractivity contribution in [3.8, 4) is 0 Å². The van der Waals surface area contributed by atoms with E-state index in [1.54, 1.807) is 0 Å². The fourth-order valence-electron chi connectivity index (χ4n) is 2.68. The van der Waals surface area contributed by atoms with E-state index in [1.165, 1.54) is 0 Å². The topological polar surface area (TPSA) is 20.3 Å². The van der Waals surface area contributed by atoms with Crippen LogP contribution in [0.15, 0.2) is 40.9 Å². The van der Waals surface area contributed by atoms with E-state index in [4.69, 9.17) is 11.6 Å².